The fourth-order valence-corrected chi connectivity index (χ4v) is 2.25. The van der Waals surface area contributed by atoms with E-state index in [0.29, 0.717) is 0 Å². The summed E-state index contributed by atoms with van der Waals surface area (Å²) in [5.74, 6) is -0.456. The van der Waals surface area contributed by atoms with E-state index in [-0.39, 0.29) is 6.61 Å². The molecule has 1 saturated heterocycles. The molecular formula is C9H17N3O6S. The minimum atomic E-state index is -3.63. The van der Waals surface area contributed by atoms with Crippen molar-refractivity contribution < 1.29 is 27.2 Å². The Bertz CT molecular complexity index is 447. The number of azide groups is 1. The molecule has 10 heteroatoms. The van der Waals surface area contributed by atoms with Crippen LogP contribution in [0.25, 0.3) is 10.4 Å². The van der Waals surface area contributed by atoms with Gasteiger partial charge in [0.2, 0.25) is 0 Å². The van der Waals surface area contributed by atoms with Crippen molar-refractivity contribution in [3.05, 3.63) is 10.4 Å². The van der Waals surface area contributed by atoms with Gasteiger partial charge in [0.1, 0.15) is 6.10 Å². The Morgan fingerprint density at radius 1 is 1.53 bits per heavy atom. The molecule has 0 aliphatic carbocycles. The van der Waals surface area contributed by atoms with E-state index in [1.54, 1.807) is 6.92 Å². The van der Waals surface area contributed by atoms with E-state index in [0.717, 1.165) is 6.26 Å². The molecule has 1 N–H and O–H groups in total. The molecule has 0 aromatic rings. The molecular weight excluding hydrogens is 278 g/mol. The van der Waals surface area contributed by atoms with Crippen molar-refractivity contribution in [1.29, 1.82) is 0 Å². The predicted molar refractivity (Wildman–Crippen MR) is 64.6 cm³/mol. The summed E-state index contributed by atoms with van der Waals surface area (Å²) < 4.78 is 36.8. The van der Waals surface area contributed by atoms with Crippen LogP contribution in [0.5, 0.6) is 0 Å². The molecule has 1 fully saturated rings. The maximum atomic E-state index is 10.9. The van der Waals surface area contributed by atoms with E-state index in [4.69, 9.17) is 15.0 Å². The van der Waals surface area contributed by atoms with E-state index < -0.39 is 40.6 Å². The maximum absolute atomic E-state index is 10.9. The summed E-state index contributed by atoms with van der Waals surface area (Å²) in [5.41, 5.74) is 8.47. The highest BCUT2D eigenvalue weighted by Crippen LogP contribution is 2.29. The molecule has 19 heavy (non-hydrogen) atoms. The molecule has 0 spiro atoms. The van der Waals surface area contributed by atoms with Gasteiger partial charge in [0.15, 0.2) is 6.29 Å². The third kappa shape index (κ3) is 4.30. The lowest BCUT2D eigenvalue weighted by Crippen LogP contribution is -2.54. The second kappa shape index (κ2) is 6.51. The zero-order chi connectivity index (χ0) is 14.6. The predicted octanol–water partition coefficient (Wildman–Crippen LogP) is 0.00980. The number of hydrogen-bond donors (Lipinski definition) is 1. The van der Waals surface area contributed by atoms with Crippen LogP contribution in [0.2, 0.25) is 0 Å². The molecule has 1 aliphatic rings. The van der Waals surface area contributed by atoms with Crippen LogP contribution in [0.1, 0.15) is 6.92 Å². The van der Waals surface area contributed by atoms with Crippen molar-refractivity contribution in [3.8, 4) is 0 Å². The second-order valence-corrected chi connectivity index (χ2v) is 5.96. The Labute approximate surface area is 111 Å². The van der Waals surface area contributed by atoms with Crippen molar-refractivity contribution in [2.45, 2.75) is 31.5 Å². The third-order valence-electron chi connectivity index (χ3n) is 2.91. The standard InChI is InChI=1S/C9H17N3O6S/c1-5-7(11-12-10)9(16-2)18-6(8(5)13)4-17-19(3,14)15/h5-9,13H,4H2,1-3H3/t5?,6?,7-,8-,9-/m0/s1. The lowest BCUT2D eigenvalue weighted by atomic mass is 9.89. The number of nitrogens with zero attached hydrogens (tertiary/aromatic N) is 3. The van der Waals surface area contributed by atoms with Crippen LogP contribution < -0.4 is 0 Å². The molecule has 0 bridgehead atoms. The first-order valence-electron chi connectivity index (χ1n) is 5.55. The number of hydrogen-bond acceptors (Lipinski definition) is 7. The molecule has 1 aliphatic heterocycles. The summed E-state index contributed by atoms with van der Waals surface area (Å²) in [5, 5.41) is 13.5. The number of rotatable bonds is 5. The minimum Gasteiger partial charge on any atom is -0.390 e. The molecule has 0 radical (unpaired) electrons. The van der Waals surface area contributed by atoms with Gasteiger partial charge in [0.25, 0.3) is 10.1 Å². The SMILES string of the molecule is CO[C@H]1OC(COS(C)(=O)=O)[C@@H](O)C(C)[C@@H]1N=[N+]=[N-]. The van der Waals surface area contributed by atoms with E-state index in [1.807, 2.05) is 0 Å². The highest BCUT2D eigenvalue weighted by atomic mass is 32.2. The molecule has 5 atom stereocenters. The van der Waals surface area contributed by atoms with E-state index in [9.17, 15) is 13.5 Å². The van der Waals surface area contributed by atoms with Crippen molar-refractivity contribution in [2.75, 3.05) is 20.0 Å². The quantitative estimate of drug-likeness (QED) is 0.329. The van der Waals surface area contributed by atoms with Crippen LogP contribution in [-0.4, -0.2) is 58.0 Å². The summed E-state index contributed by atoms with van der Waals surface area (Å²) in [6, 6.07) is -0.695. The van der Waals surface area contributed by atoms with E-state index in [2.05, 4.69) is 14.2 Å². The molecule has 1 rings (SSSR count). The van der Waals surface area contributed by atoms with Gasteiger partial charge >= 0.3 is 0 Å². The van der Waals surface area contributed by atoms with Gasteiger partial charge in [-0.15, -0.1) is 0 Å². The first-order valence-corrected chi connectivity index (χ1v) is 7.36. The molecule has 1 heterocycles. The zero-order valence-electron chi connectivity index (χ0n) is 10.8. The van der Waals surface area contributed by atoms with Crippen LogP contribution in [0.15, 0.2) is 5.11 Å². The van der Waals surface area contributed by atoms with Crippen LogP contribution in [-0.2, 0) is 23.8 Å². The zero-order valence-corrected chi connectivity index (χ0v) is 11.6. The Morgan fingerprint density at radius 2 is 2.16 bits per heavy atom. The van der Waals surface area contributed by atoms with Crippen molar-refractivity contribution in [1.82, 2.24) is 0 Å². The normalized spacial score (nSPS) is 35.7. The fraction of sp³-hybridized carbons (Fsp3) is 1.00. The van der Waals surface area contributed by atoms with Gasteiger partial charge in [-0.2, -0.15) is 8.42 Å². The average Bonchev–Trinajstić information content (AvgIpc) is 2.33. The van der Waals surface area contributed by atoms with Crippen molar-refractivity contribution in [3.63, 3.8) is 0 Å². The summed E-state index contributed by atoms with van der Waals surface area (Å²) in [4.78, 5) is 2.68. The minimum absolute atomic E-state index is 0.326. The van der Waals surface area contributed by atoms with Gasteiger partial charge in [-0.3, -0.25) is 4.18 Å². The first-order chi connectivity index (χ1) is 8.80. The van der Waals surface area contributed by atoms with Gasteiger partial charge in [-0.1, -0.05) is 12.0 Å². The highest BCUT2D eigenvalue weighted by Gasteiger charge is 2.43. The molecule has 0 saturated carbocycles. The largest absolute Gasteiger partial charge is 0.390 e. The molecule has 2 unspecified atom stereocenters. The molecule has 0 amide bonds. The second-order valence-electron chi connectivity index (χ2n) is 4.31. The van der Waals surface area contributed by atoms with Crippen LogP contribution in [0.4, 0.5) is 0 Å². The van der Waals surface area contributed by atoms with Crippen LogP contribution in [0, 0.1) is 5.92 Å². The van der Waals surface area contributed by atoms with Crippen molar-refractivity contribution in [2.24, 2.45) is 11.0 Å². The highest BCUT2D eigenvalue weighted by molar-refractivity contribution is 7.85. The number of methoxy groups -OCH3 is 1. The summed E-state index contributed by atoms with van der Waals surface area (Å²) in [7, 11) is -2.26. The monoisotopic (exact) mass is 295 g/mol. The lowest BCUT2D eigenvalue weighted by molar-refractivity contribution is -0.241. The number of aliphatic hydroxyl groups is 1. The van der Waals surface area contributed by atoms with E-state index >= 15 is 0 Å². The molecule has 0 aromatic heterocycles. The molecule has 110 valence electrons. The smallest absolute Gasteiger partial charge is 0.264 e. The molecule has 0 aromatic carbocycles. The Hall–Kier alpha value is -0.900. The fourth-order valence-electron chi connectivity index (χ4n) is 1.86. The van der Waals surface area contributed by atoms with Crippen LogP contribution in [0.3, 0.4) is 0 Å². The Morgan fingerprint density at radius 3 is 2.63 bits per heavy atom. The third-order valence-corrected chi connectivity index (χ3v) is 3.47. The van der Waals surface area contributed by atoms with Crippen molar-refractivity contribution >= 4 is 10.1 Å². The van der Waals surface area contributed by atoms with Gasteiger partial charge in [0.05, 0.1) is 25.0 Å². The Kier molecular flexibility index (Phi) is 5.53. The van der Waals surface area contributed by atoms with E-state index in [1.165, 1.54) is 7.11 Å². The van der Waals surface area contributed by atoms with Crippen LogP contribution >= 0.6 is 0 Å². The molecule has 9 nitrogen and oxygen atoms in total. The summed E-state index contributed by atoms with van der Waals surface area (Å²) >= 11 is 0. The van der Waals surface area contributed by atoms with Gasteiger partial charge < -0.3 is 14.6 Å². The average molecular weight is 295 g/mol. The topological polar surface area (TPSA) is 131 Å². The summed E-state index contributed by atoms with van der Waals surface area (Å²) in [6.45, 7) is 1.33. The first kappa shape index (κ1) is 16.2. The lowest BCUT2D eigenvalue weighted by Gasteiger charge is -2.40. The maximum Gasteiger partial charge on any atom is 0.264 e. The van der Waals surface area contributed by atoms with Gasteiger partial charge in [-0.05, 0) is 11.4 Å². The summed E-state index contributed by atoms with van der Waals surface area (Å²) in [6.07, 6.45) is -1.85. The van der Waals surface area contributed by atoms with Gasteiger partial charge in [-0.25, -0.2) is 0 Å². The Balaban J connectivity index is 2.79. The number of aliphatic hydroxyl groups excluding tert-OH is 1. The van der Waals surface area contributed by atoms with Gasteiger partial charge in [0, 0.05) is 12.0 Å². The number of ether oxygens (including phenoxy) is 2.